The van der Waals surface area contributed by atoms with Crippen LogP contribution in [0.25, 0.3) is 0 Å². The average Bonchev–Trinajstić information content (AvgIpc) is 3.01. The summed E-state index contributed by atoms with van der Waals surface area (Å²) in [6, 6.07) is 9.86. The molecule has 2 unspecified atom stereocenters. The van der Waals surface area contributed by atoms with Crippen LogP contribution in [0.15, 0.2) is 30.3 Å². The van der Waals surface area contributed by atoms with E-state index in [9.17, 15) is 4.79 Å². The number of urea groups is 1. The number of hydrogen-bond acceptors (Lipinski definition) is 1. The molecule has 16 heavy (non-hydrogen) atoms. The maximum atomic E-state index is 11.4. The minimum atomic E-state index is -0.0667. The lowest BCUT2D eigenvalue weighted by Gasteiger charge is -2.07. The SMILES string of the molecule is CC1CC1CNC(=O)NCc1ccccc1. The Kier molecular flexibility index (Phi) is 3.44. The van der Waals surface area contributed by atoms with Gasteiger partial charge in [-0.2, -0.15) is 0 Å². The Bertz CT molecular complexity index is 350. The van der Waals surface area contributed by atoms with Crippen LogP contribution < -0.4 is 10.6 Å². The van der Waals surface area contributed by atoms with Crippen molar-refractivity contribution in [3.63, 3.8) is 0 Å². The van der Waals surface area contributed by atoms with Crippen molar-refractivity contribution in [2.45, 2.75) is 19.9 Å². The number of carbonyl (C=O) groups excluding carboxylic acids is 1. The molecule has 0 saturated heterocycles. The quantitative estimate of drug-likeness (QED) is 0.798. The van der Waals surface area contributed by atoms with Gasteiger partial charge in [-0.15, -0.1) is 0 Å². The monoisotopic (exact) mass is 218 g/mol. The van der Waals surface area contributed by atoms with E-state index in [1.807, 2.05) is 30.3 Å². The van der Waals surface area contributed by atoms with E-state index in [2.05, 4.69) is 17.6 Å². The molecule has 3 heteroatoms. The normalized spacial score (nSPS) is 22.6. The lowest BCUT2D eigenvalue weighted by atomic mass is 10.2. The van der Waals surface area contributed by atoms with Gasteiger partial charge in [-0.05, 0) is 23.8 Å². The van der Waals surface area contributed by atoms with Crippen LogP contribution in [0.2, 0.25) is 0 Å². The number of nitrogens with one attached hydrogen (secondary N) is 2. The predicted molar refractivity (Wildman–Crippen MR) is 64.0 cm³/mol. The van der Waals surface area contributed by atoms with Gasteiger partial charge in [0.15, 0.2) is 0 Å². The molecule has 0 bridgehead atoms. The highest BCUT2D eigenvalue weighted by Gasteiger charge is 2.32. The highest BCUT2D eigenvalue weighted by Crippen LogP contribution is 2.36. The van der Waals surface area contributed by atoms with Gasteiger partial charge in [-0.3, -0.25) is 0 Å². The Morgan fingerprint density at radius 2 is 2.00 bits per heavy atom. The molecule has 1 aliphatic rings. The average molecular weight is 218 g/mol. The molecule has 86 valence electrons. The molecule has 3 nitrogen and oxygen atoms in total. The molecular weight excluding hydrogens is 200 g/mol. The summed E-state index contributed by atoms with van der Waals surface area (Å²) in [5.74, 6) is 1.48. The second-order valence-corrected chi connectivity index (χ2v) is 4.52. The molecule has 1 aromatic carbocycles. The van der Waals surface area contributed by atoms with E-state index < -0.39 is 0 Å². The lowest BCUT2D eigenvalue weighted by molar-refractivity contribution is 0.240. The van der Waals surface area contributed by atoms with Crippen molar-refractivity contribution in [3.05, 3.63) is 35.9 Å². The van der Waals surface area contributed by atoms with Crippen molar-refractivity contribution in [2.24, 2.45) is 11.8 Å². The van der Waals surface area contributed by atoms with Crippen molar-refractivity contribution in [1.82, 2.24) is 10.6 Å². The fourth-order valence-electron chi connectivity index (χ4n) is 1.75. The van der Waals surface area contributed by atoms with Gasteiger partial charge < -0.3 is 10.6 Å². The van der Waals surface area contributed by atoms with Crippen LogP contribution in [-0.2, 0) is 6.54 Å². The van der Waals surface area contributed by atoms with Crippen LogP contribution in [0.1, 0.15) is 18.9 Å². The smallest absolute Gasteiger partial charge is 0.315 e. The van der Waals surface area contributed by atoms with Gasteiger partial charge in [0.2, 0.25) is 0 Å². The molecule has 0 heterocycles. The number of benzene rings is 1. The van der Waals surface area contributed by atoms with Gasteiger partial charge >= 0.3 is 6.03 Å². The summed E-state index contributed by atoms with van der Waals surface area (Å²) in [5, 5.41) is 5.74. The van der Waals surface area contributed by atoms with Crippen molar-refractivity contribution in [3.8, 4) is 0 Å². The molecule has 0 radical (unpaired) electrons. The van der Waals surface area contributed by atoms with E-state index in [0.29, 0.717) is 12.5 Å². The van der Waals surface area contributed by atoms with E-state index >= 15 is 0 Å². The summed E-state index contributed by atoms with van der Waals surface area (Å²) >= 11 is 0. The maximum Gasteiger partial charge on any atom is 0.315 e. The van der Waals surface area contributed by atoms with Crippen molar-refractivity contribution in [1.29, 1.82) is 0 Å². The second kappa shape index (κ2) is 5.01. The van der Waals surface area contributed by atoms with Gasteiger partial charge in [-0.1, -0.05) is 37.3 Å². The number of carbonyl (C=O) groups is 1. The van der Waals surface area contributed by atoms with E-state index in [-0.39, 0.29) is 6.03 Å². The number of hydrogen-bond donors (Lipinski definition) is 2. The molecule has 1 aliphatic carbocycles. The summed E-state index contributed by atoms with van der Waals surface area (Å²) in [6.45, 7) is 3.61. The highest BCUT2D eigenvalue weighted by molar-refractivity contribution is 5.73. The minimum absolute atomic E-state index is 0.0667. The fourth-order valence-corrected chi connectivity index (χ4v) is 1.75. The van der Waals surface area contributed by atoms with Crippen molar-refractivity contribution in [2.75, 3.05) is 6.54 Å². The van der Waals surface area contributed by atoms with Crippen LogP contribution in [0, 0.1) is 11.8 Å². The zero-order valence-corrected chi connectivity index (χ0v) is 9.57. The third kappa shape index (κ3) is 3.26. The number of amides is 2. The fraction of sp³-hybridized carbons (Fsp3) is 0.462. The first kappa shape index (κ1) is 11.0. The molecule has 1 aromatic rings. The predicted octanol–water partition coefficient (Wildman–Crippen LogP) is 2.14. The summed E-state index contributed by atoms with van der Waals surface area (Å²) in [6.07, 6.45) is 1.25. The van der Waals surface area contributed by atoms with Crippen LogP contribution in [-0.4, -0.2) is 12.6 Å². The zero-order valence-electron chi connectivity index (χ0n) is 9.57. The van der Waals surface area contributed by atoms with Gasteiger partial charge in [0.1, 0.15) is 0 Å². The zero-order chi connectivity index (χ0) is 11.4. The highest BCUT2D eigenvalue weighted by atomic mass is 16.2. The van der Waals surface area contributed by atoms with Gasteiger partial charge in [0.05, 0.1) is 0 Å². The topological polar surface area (TPSA) is 41.1 Å². The van der Waals surface area contributed by atoms with Gasteiger partial charge in [-0.25, -0.2) is 4.79 Å². The Morgan fingerprint density at radius 1 is 1.31 bits per heavy atom. The van der Waals surface area contributed by atoms with Crippen LogP contribution >= 0.6 is 0 Å². The number of rotatable bonds is 4. The van der Waals surface area contributed by atoms with Crippen molar-refractivity contribution < 1.29 is 4.79 Å². The Hall–Kier alpha value is -1.51. The molecule has 2 atom stereocenters. The summed E-state index contributed by atoms with van der Waals surface area (Å²) < 4.78 is 0. The molecule has 1 saturated carbocycles. The van der Waals surface area contributed by atoms with Crippen molar-refractivity contribution >= 4 is 6.03 Å². The van der Waals surface area contributed by atoms with Gasteiger partial charge in [0, 0.05) is 13.1 Å². The lowest BCUT2D eigenvalue weighted by Crippen LogP contribution is -2.36. The maximum absolute atomic E-state index is 11.4. The Balaban J connectivity index is 1.64. The molecule has 2 N–H and O–H groups in total. The van der Waals surface area contributed by atoms with E-state index in [4.69, 9.17) is 0 Å². The minimum Gasteiger partial charge on any atom is -0.338 e. The van der Waals surface area contributed by atoms with E-state index in [1.165, 1.54) is 6.42 Å². The molecule has 0 spiro atoms. The van der Waals surface area contributed by atoms with Crippen LogP contribution in [0.5, 0.6) is 0 Å². The Morgan fingerprint density at radius 3 is 2.62 bits per heavy atom. The molecule has 0 aromatic heterocycles. The first-order chi connectivity index (χ1) is 7.75. The molecule has 0 aliphatic heterocycles. The third-order valence-electron chi connectivity index (χ3n) is 3.10. The largest absolute Gasteiger partial charge is 0.338 e. The molecular formula is C13H18N2O. The van der Waals surface area contributed by atoms with E-state index in [1.54, 1.807) is 0 Å². The third-order valence-corrected chi connectivity index (χ3v) is 3.10. The summed E-state index contributed by atoms with van der Waals surface area (Å²) in [5.41, 5.74) is 1.12. The first-order valence-electron chi connectivity index (χ1n) is 5.81. The van der Waals surface area contributed by atoms with E-state index in [0.717, 1.165) is 18.0 Å². The standard InChI is InChI=1S/C13H18N2O/c1-10-7-12(10)9-15-13(16)14-8-11-5-3-2-4-6-11/h2-6,10,12H,7-9H2,1H3,(H2,14,15,16). The second-order valence-electron chi connectivity index (χ2n) is 4.52. The summed E-state index contributed by atoms with van der Waals surface area (Å²) in [7, 11) is 0. The first-order valence-corrected chi connectivity index (χ1v) is 5.81. The Labute approximate surface area is 96.2 Å². The van der Waals surface area contributed by atoms with Crippen LogP contribution in [0.4, 0.5) is 4.79 Å². The van der Waals surface area contributed by atoms with Crippen LogP contribution in [0.3, 0.4) is 0 Å². The molecule has 2 amide bonds. The molecule has 1 fully saturated rings. The van der Waals surface area contributed by atoms with Gasteiger partial charge in [0.25, 0.3) is 0 Å². The molecule has 2 rings (SSSR count). The summed E-state index contributed by atoms with van der Waals surface area (Å²) in [4.78, 5) is 11.4.